The van der Waals surface area contributed by atoms with Gasteiger partial charge in [0.15, 0.2) is 5.82 Å². The summed E-state index contributed by atoms with van der Waals surface area (Å²) in [6, 6.07) is 5.60. The van der Waals surface area contributed by atoms with Crippen molar-refractivity contribution in [2.75, 3.05) is 5.32 Å². The molecule has 0 spiro atoms. The molecule has 5 nitrogen and oxygen atoms in total. The monoisotopic (exact) mass is 258 g/mol. The van der Waals surface area contributed by atoms with Gasteiger partial charge in [-0.2, -0.15) is 5.10 Å². The molecule has 2 N–H and O–H groups in total. The van der Waals surface area contributed by atoms with E-state index in [4.69, 9.17) is 0 Å². The molecule has 0 bridgehead atoms. The molecule has 0 saturated heterocycles. The van der Waals surface area contributed by atoms with Gasteiger partial charge in [-0.15, -0.1) is 0 Å². The van der Waals surface area contributed by atoms with Crippen LogP contribution >= 0.6 is 0 Å². The molecule has 2 aromatic heterocycles. The normalized spacial score (nSPS) is 10.7. The fraction of sp³-hybridized carbons (Fsp3) is 0.357. The molecule has 0 aliphatic carbocycles. The Morgan fingerprint density at radius 1 is 1.37 bits per heavy atom. The van der Waals surface area contributed by atoms with Gasteiger partial charge in [-0.05, 0) is 24.5 Å². The summed E-state index contributed by atoms with van der Waals surface area (Å²) < 4.78 is 0. The standard InChI is InChI=1S/C14H18N4O/c1-10(2)3-4-14(19)16-13-9-12(17-18-13)11-5-7-15-8-6-11/h5-10H,3-4H2,1-2H3,(H2,16,17,18,19). The molecule has 2 rings (SSSR count). The number of nitrogens with zero attached hydrogens (tertiary/aromatic N) is 2. The van der Waals surface area contributed by atoms with Crippen LogP contribution in [-0.2, 0) is 4.79 Å². The Labute approximate surface area is 112 Å². The third-order valence-electron chi connectivity index (χ3n) is 2.79. The van der Waals surface area contributed by atoms with E-state index >= 15 is 0 Å². The number of H-pyrrole nitrogens is 1. The van der Waals surface area contributed by atoms with E-state index in [0.717, 1.165) is 17.7 Å². The lowest BCUT2D eigenvalue weighted by atomic mass is 10.1. The minimum absolute atomic E-state index is 0.00137. The molecule has 1 amide bonds. The number of rotatable bonds is 5. The second-order valence-electron chi connectivity index (χ2n) is 4.88. The average molecular weight is 258 g/mol. The van der Waals surface area contributed by atoms with E-state index in [2.05, 4.69) is 34.3 Å². The SMILES string of the molecule is CC(C)CCC(=O)Nc1cc(-c2ccncc2)[nH]n1. The van der Waals surface area contributed by atoms with Crippen LogP contribution in [0.4, 0.5) is 5.82 Å². The highest BCUT2D eigenvalue weighted by Crippen LogP contribution is 2.18. The Kier molecular flexibility index (Phi) is 4.28. The lowest BCUT2D eigenvalue weighted by Gasteiger charge is -2.03. The topological polar surface area (TPSA) is 70.7 Å². The number of amides is 1. The van der Waals surface area contributed by atoms with Gasteiger partial charge in [-0.25, -0.2) is 0 Å². The first-order valence-corrected chi connectivity index (χ1v) is 6.41. The molecular formula is C14H18N4O. The van der Waals surface area contributed by atoms with Crippen LogP contribution in [0.25, 0.3) is 11.3 Å². The Morgan fingerprint density at radius 2 is 2.11 bits per heavy atom. The Hall–Kier alpha value is -2.17. The average Bonchev–Trinajstić information content (AvgIpc) is 2.86. The van der Waals surface area contributed by atoms with Gasteiger partial charge in [0.1, 0.15) is 0 Å². The van der Waals surface area contributed by atoms with Gasteiger partial charge < -0.3 is 5.32 Å². The molecule has 0 unspecified atom stereocenters. The molecular weight excluding hydrogens is 240 g/mol. The van der Waals surface area contributed by atoms with Crippen molar-refractivity contribution in [2.45, 2.75) is 26.7 Å². The van der Waals surface area contributed by atoms with Gasteiger partial charge >= 0.3 is 0 Å². The van der Waals surface area contributed by atoms with Crippen LogP contribution < -0.4 is 5.32 Å². The number of hydrogen-bond donors (Lipinski definition) is 2. The van der Waals surface area contributed by atoms with E-state index in [1.165, 1.54) is 0 Å². The van der Waals surface area contributed by atoms with E-state index in [1.54, 1.807) is 12.4 Å². The number of carbonyl (C=O) groups excluding carboxylic acids is 1. The highest BCUT2D eigenvalue weighted by atomic mass is 16.1. The smallest absolute Gasteiger partial charge is 0.225 e. The van der Waals surface area contributed by atoms with Crippen LogP contribution in [0.15, 0.2) is 30.6 Å². The molecule has 0 fully saturated rings. The number of carbonyl (C=O) groups is 1. The van der Waals surface area contributed by atoms with Gasteiger partial charge in [0.05, 0.1) is 5.69 Å². The van der Waals surface area contributed by atoms with E-state index < -0.39 is 0 Å². The van der Waals surface area contributed by atoms with Crippen molar-refractivity contribution >= 4 is 11.7 Å². The van der Waals surface area contributed by atoms with Crippen molar-refractivity contribution in [3.63, 3.8) is 0 Å². The first-order valence-electron chi connectivity index (χ1n) is 6.41. The molecule has 2 aromatic rings. The Bertz CT molecular complexity index is 533. The summed E-state index contributed by atoms with van der Waals surface area (Å²) in [5, 5.41) is 9.77. The summed E-state index contributed by atoms with van der Waals surface area (Å²) in [7, 11) is 0. The summed E-state index contributed by atoms with van der Waals surface area (Å²) in [5.74, 6) is 1.08. The quantitative estimate of drug-likeness (QED) is 0.866. The molecule has 0 aliphatic heterocycles. The summed E-state index contributed by atoms with van der Waals surface area (Å²) in [6.45, 7) is 4.20. The van der Waals surface area contributed by atoms with Crippen LogP contribution in [0.3, 0.4) is 0 Å². The van der Waals surface area contributed by atoms with Crippen LogP contribution in [0, 0.1) is 5.92 Å². The number of anilines is 1. The molecule has 2 heterocycles. The second-order valence-corrected chi connectivity index (χ2v) is 4.88. The van der Waals surface area contributed by atoms with E-state index in [1.807, 2.05) is 18.2 Å². The first kappa shape index (κ1) is 13.3. The highest BCUT2D eigenvalue weighted by Gasteiger charge is 2.07. The minimum Gasteiger partial charge on any atom is -0.309 e. The van der Waals surface area contributed by atoms with E-state index in [9.17, 15) is 4.79 Å². The van der Waals surface area contributed by atoms with Gasteiger partial charge in [0, 0.05) is 30.4 Å². The molecule has 0 aromatic carbocycles. The maximum absolute atomic E-state index is 11.7. The maximum atomic E-state index is 11.7. The third kappa shape index (κ3) is 3.91. The minimum atomic E-state index is 0.00137. The molecule has 0 saturated carbocycles. The molecule has 19 heavy (non-hydrogen) atoms. The lowest BCUT2D eigenvalue weighted by molar-refractivity contribution is -0.116. The van der Waals surface area contributed by atoms with Gasteiger partial charge in [0.2, 0.25) is 5.91 Å². The van der Waals surface area contributed by atoms with Crippen LogP contribution in [-0.4, -0.2) is 21.1 Å². The van der Waals surface area contributed by atoms with Crippen molar-refractivity contribution in [2.24, 2.45) is 5.92 Å². The van der Waals surface area contributed by atoms with E-state index in [-0.39, 0.29) is 5.91 Å². The third-order valence-corrected chi connectivity index (χ3v) is 2.79. The first-order chi connectivity index (χ1) is 9.15. The summed E-state index contributed by atoms with van der Waals surface area (Å²) in [6.07, 6.45) is 4.84. The highest BCUT2D eigenvalue weighted by molar-refractivity contribution is 5.90. The van der Waals surface area contributed by atoms with Gasteiger partial charge in [-0.3, -0.25) is 14.9 Å². The fourth-order valence-electron chi connectivity index (χ4n) is 1.69. The van der Waals surface area contributed by atoms with Gasteiger partial charge in [0.25, 0.3) is 0 Å². The lowest BCUT2D eigenvalue weighted by Crippen LogP contribution is -2.12. The zero-order chi connectivity index (χ0) is 13.7. The molecule has 0 atom stereocenters. The van der Waals surface area contributed by atoms with E-state index in [0.29, 0.717) is 18.2 Å². The summed E-state index contributed by atoms with van der Waals surface area (Å²) >= 11 is 0. The maximum Gasteiger partial charge on any atom is 0.225 e. The number of aromatic amines is 1. The van der Waals surface area contributed by atoms with Crippen molar-refractivity contribution in [1.82, 2.24) is 15.2 Å². The van der Waals surface area contributed by atoms with Gasteiger partial charge in [-0.1, -0.05) is 13.8 Å². The largest absolute Gasteiger partial charge is 0.309 e. The van der Waals surface area contributed by atoms with Crippen molar-refractivity contribution in [3.8, 4) is 11.3 Å². The fourth-order valence-corrected chi connectivity index (χ4v) is 1.69. The van der Waals surface area contributed by atoms with Crippen LogP contribution in [0.2, 0.25) is 0 Å². The predicted octanol–water partition coefficient (Wildman–Crippen LogP) is 2.85. The van der Waals surface area contributed by atoms with Crippen molar-refractivity contribution in [1.29, 1.82) is 0 Å². The Morgan fingerprint density at radius 3 is 2.79 bits per heavy atom. The molecule has 100 valence electrons. The molecule has 5 heteroatoms. The summed E-state index contributed by atoms with van der Waals surface area (Å²) in [5.41, 5.74) is 1.85. The molecule has 0 aliphatic rings. The van der Waals surface area contributed by atoms with Crippen LogP contribution in [0.1, 0.15) is 26.7 Å². The number of hydrogen-bond acceptors (Lipinski definition) is 3. The number of aromatic nitrogens is 3. The molecule has 0 radical (unpaired) electrons. The number of pyridine rings is 1. The second kappa shape index (κ2) is 6.13. The summed E-state index contributed by atoms with van der Waals surface area (Å²) in [4.78, 5) is 15.7. The Balaban J connectivity index is 1.96. The van der Waals surface area contributed by atoms with Crippen molar-refractivity contribution < 1.29 is 4.79 Å². The zero-order valence-corrected chi connectivity index (χ0v) is 11.2. The van der Waals surface area contributed by atoms with Crippen LogP contribution in [0.5, 0.6) is 0 Å². The number of nitrogens with one attached hydrogen (secondary N) is 2. The predicted molar refractivity (Wildman–Crippen MR) is 74.5 cm³/mol. The van der Waals surface area contributed by atoms with Crippen molar-refractivity contribution in [3.05, 3.63) is 30.6 Å². The zero-order valence-electron chi connectivity index (χ0n) is 11.2.